The fourth-order valence-electron chi connectivity index (χ4n) is 2.79. The van der Waals surface area contributed by atoms with Gasteiger partial charge < -0.3 is 10.2 Å². The van der Waals surface area contributed by atoms with Crippen molar-refractivity contribution in [1.29, 1.82) is 0 Å². The van der Waals surface area contributed by atoms with Gasteiger partial charge in [0.05, 0.1) is 30.3 Å². The third kappa shape index (κ3) is 3.46. The minimum atomic E-state index is -0.310. The lowest BCUT2D eigenvalue weighted by Gasteiger charge is -2.31. The van der Waals surface area contributed by atoms with Crippen LogP contribution in [0.1, 0.15) is 31.5 Å². The minimum Gasteiger partial charge on any atom is -0.308 e. The van der Waals surface area contributed by atoms with E-state index >= 15 is 0 Å². The van der Waals surface area contributed by atoms with Crippen LogP contribution in [0.25, 0.3) is 0 Å². The van der Waals surface area contributed by atoms with Crippen molar-refractivity contribution in [3.63, 3.8) is 0 Å². The fourth-order valence-corrected chi connectivity index (χ4v) is 2.79. The Labute approximate surface area is 140 Å². The van der Waals surface area contributed by atoms with Gasteiger partial charge in [-0.15, -0.1) is 11.0 Å². The van der Waals surface area contributed by atoms with Crippen molar-refractivity contribution in [3.05, 3.63) is 24.3 Å². The van der Waals surface area contributed by atoms with Gasteiger partial charge >= 0.3 is 0 Å². The summed E-state index contributed by atoms with van der Waals surface area (Å²) in [4.78, 5) is 14.6. The van der Waals surface area contributed by atoms with E-state index in [1.807, 2.05) is 19.4 Å². The van der Waals surface area contributed by atoms with E-state index in [1.54, 1.807) is 27.4 Å². The maximum absolute atomic E-state index is 12.8. The summed E-state index contributed by atoms with van der Waals surface area (Å²) in [7, 11) is 1.84. The number of hydrogen-bond acceptors (Lipinski definition) is 5. The molecule has 1 saturated heterocycles. The molecule has 2 aromatic heterocycles. The number of rotatable bonds is 5. The molecule has 0 radical (unpaired) electrons. The summed E-state index contributed by atoms with van der Waals surface area (Å²) < 4.78 is 3.37. The summed E-state index contributed by atoms with van der Waals surface area (Å²) in [6.45, 7) is 3.71. The van der Waals surface area contributed by atoms with Crippen molar-refractivity contribution < 1.29 is 4.79 Å². The molecule has 0 spiro atoms. The number of piperidine rings is 1. The number of carbonyl (C=O) groups excluding carboxylic acids is 1. The van der Waals surface area contributed by atoms with Gasteiger partial charge in [0.25, 0.3) is 5.91 Å². The Balaban J connectivity index is 1.68. The Morgan fingerprint density at radius 2 is 2.29 bits per heavy atom. The SMILES string of the molecule is CC#CCNCc1cn(C2CCCN(c3cnn(C)c3)C2=O)nn1. The first-order valence-electron chi connectivity index (χ1n) is 8.00. The Morgan fingerprint density at radius 3 is 3.04 bits per heavy atom. The lowest BCUT2D eigenvalue weighted by Crippen LogP contribution is -2.42. The molecule has 0 saturated carbocycles. The predicted molar refractivity (Wildman–Crippen MR) is 89.0 cm³/mol. The molecule has 3 rings (SSSR count). The standard InChI is InChI=1S/C16H21N7O/c1-3-4-7-17-9-13-11-23(20-19-13)15-6-5-8-22(16(15)24)14-10-18-21(2)12-14/h10-12,15,17H,5-9H2,1-2H3. The summed E-state index contributed by atoms with van der Waals surface area (Å²) >= 11 is 0. The highest BCUT2D eigenvalue weighted by atomic mass is 16.2. The summed E-state index contributed by atoms with van der Waals surface area (Å²) in [5, 5.41) is 15.6. The average molecular weight is 327 g/mol. The molecule has 0 bridgehead atoms. The summed E-state index contributed by atoms with van der Waals surface area (Å²) in [6.07, 6.45) is 7.09. The van der Waals surface area contributed by atoms with Crippen LogP contribution in [0.5, 0.6) is 0 Å². The number of amides is 1. The number of hydrogen-bond donors (Lipinski definition) is 1. The lowest BCUT2D eigenvalue weighted by atomic mass is 10.0. The maximum Gasteiger partial charge on any atom is 0.251 e. The van der Waals surface area contributed by atoms with Crippen molar-refractivity contribution in [2.75, 3.05) is 18.0 Å². The van der Waals surface area contributed by atoms with Gasteiger partial charge in [-0.25, -0.2) is 4.68 Å². The van der Waals surface area contributed by atoms with E-state index in [0.717, 1.165) is 24.2 Å². The molecule has 1 atom stereocenters. The van der Waals surface area contributed by atoms with Crippen LogP contribution >= 0.6 is 0 Å². The van der Waals surface area contributed by atoms with Crippen LogP contribution in [0.15, 0.2) is 18.6 Å². The zero-order chi connectivity index (χ0) is 16.9. The summed E-state index contributed by atoms with van der Waals surface area (Å²) in [5.74, 6) is 5.80. The van der Waals surface area contributed by atoms with E-state index in [9.17, 15) is 4.79 Å². The largest absolute Gasteiger partial charge is 0.308 e. The monoisotopic (exact) mass is 327 g/mol. The Kier molecular flexibility index (Phi) is 4.91. The van der Waals surface area contributed by atoms with Gasteiger partial charge in [0, 0.05) is 26.3 Å². The smallest absolute Gasteiger partial charge is 0.251 e. The zero-order valence-electron chi connectivity index (χ0n) is 13.9. The average Bonchev–Trinajstić information content (AvgIpc) is 3.21. The second kappa shape index (κ2) is 7.27. The highest BCUT2D eigenvalue weighted by molar-refractivity contribution is 5.96. The van der Waals surface area contributed by atoms with Crippen molar-refractivity contribution in [2.45, 2.75) is 32.4 Å². The van der Waals surface area contributed by atoms with Crippen LogP contribution in [-0.2, 0) is 18.4 Å². The van der Waals surface area contributed by atoms with E-state index < -0.39 is 0 Å². The first-order valence-corrected chi connectivity index (χ1v) is 8.00. The highest BCUT2D eigenvalue weighted by Crippen LogP contribution is 2.26. The highest BCUT2D eigenvalue weighted by Gasteiger charge is 2.32. The van der Waals surface area contributed by atoms with Crippen LogP contribution in [-0.4, -0.2) is 43.8 Å². The summed E-state index contributed by atoms with van der Waals surface area (Å²) in [5.41, 5.74) is 1.63. The maximum atomic E-state index is 12.8. The second-order valence-corrected chi connectivity index (χ2v) is 5.74. The minimum absolute atomic E-state index is 0.0375. The molecule has 1 aliphatic rings. The first-order chi connectivity index (χ1) is 11.7. The molecule has 24 heavy (non-hydrogen) atoms. The van der Waals surface area contributed by atoms with Gasteiger partial charge in [-0.2, -0.15) is 5.10 Å². The van der Waals surface area contributed by atoms with Crippen LogP contribution in [0, 0.1) is 11.8 Å². The molecule has 1 fully saturated rings. The molecule has 8 nitrogen and oxygen atoms in total. The third-order valence-corrected chi connectivity index (χ3v) is 3.99. The molecule has 1 unspecified atom stereocenters. The van der Waals surface area contributed by atoms with Gasteiger partial charge in [-0.05, 0) is 19.8 Å². The molecule has 1 N–H and O–H groups in total. The van der Waals surface area contributed by atoms with Gasteiger partial charge in [0.2, 0.25) is 0 Å². The molecule has 126 valence electrons. The van der Waals surface area contributed by atoms with Crippen molar-refractivity contribution in [2.24, 2.45) is 7.05 Å². The number of anilines is 1. The number of nitrogens with zero attached hydrogens (tertiary/aromatic N) is 6. The fraction of sp³-hybridized carbons (Fsp3) is 0.500. The molecular weight excluding hydrogens is 306 g/mol. The molecule has 8 heteroatoms. The van der Waals surface area contributed by atoms with Crippen molar-refractivity contribution in [1.82, 2.24) is 30.1 Å². The van der Waals surface area contributed by atoms with E-state index in [0.29, 0.717) is 19.6 Å². The van der Waals surface area contributed by atoms with E-state index in [4.69, 9.17) is 0 Å². The van der Waals surface area contributed by atoms with Crippen LogP contribution in [0.3, 0.4) is 0 Å². The van der Waals surface area contributed by atoms with E-state index in [1.165, 1.54) is 0 Å². The summed E-state index contributed by atoms with van der Waals surface area (Å²) in [6, 6.07) is -0.310. The van der Waals surface area contributed by atoms with Crippen LogP contribution in [0.2, 0.25) is 0 Å². The Hall–Kier alpha value is -2.66. The number of aromatic nitrogens is 5. The Bertz CT molecular complexity index is 767. The van der Waals surface area contributed by atoms with Gasteiger partial charge in [-0.3, -0.25) is 9.48 Å². The lowest BCUT2D eigenvalue weighted by molar-refractivity contribution is -0.123. The van der Waals surface area contributed by atoms with Crippen molar-refractivity contribution >= 4 is 11.6 Å². The molecule has 2 aromatic rings. The predicted octanol–water partition coefficient (Wildman–Crippen LogP) is 0.493. The van der Waals surface area contributed by atoms with Crippen LogP contribution < -0.4 is 10.2 Å². The topological polar surface area (TPSA) is 80.9 Å². The van der Waals surface area contributed by atoms with Gasteiger partial charge in [-0.1, -0.05) is 11.1 Å². The molecule has 1 aliphatic heterocycles. The molecule has 1 amide bonds. The zero-order valence-corrected chi connectivity index (χ0v) is 13.9. The quantitative estimate of drug-likeness (QED) is 0.639. The number of carbonyl (C=O) groups is 1. The van der Waals surface area contributed by atoms with E-state index in [2.05, 4.69) is 32.6 Å². The Morgan fingerprint density at radius 1 is 1.42 bits per heavy atom. The normalized spacial score (nSPS) is 17.7. The van der Waals surface area contributed by atoms with Crippen molar-refractivity contribution in [3.8, 4) is 11.8 Å². The number of nitrogens with one attached hydrogen (secondary N) is 1. The molecule has 0 aliphatic carbocycles. The van der Waals surface area contributed by atoms with Crippen LogP contribution in [0.4, 0.5) is 5.69 Å². The molecule has 3 heterocycles. The van der Waals surface area contributed by atoms with Gasteiger partial charge in [0.15, 0.2) is 0 Å². The molecule has 0 aromatic carbocycles. The number of aryl methyl sites for hydroxylation is 1. The first kappa shape index (κ1) is 16.2. The van der Waals surface area contributed by atoms with Gasteiger partial charge in [0.1, 0.15) is 6.04 Å². The third-order valence-electron chi connectivity index (χ3n) is 3.99. The second-order valence-electron chi connectivity index (χ2n) is 5.74. The molecular formula is C16H21N7O. The van der Waals surface area contributed by atoms with E-state index in [-0.39, 0.29) is 11.9 Å².